The van der Waals surface area contributed by atoms with Crippen LogP contribution in [-0.4, -0.2) is 19.9 Å². The zero-order valence-electron chi connectivity index (χ0n) is 17.7. The van der Waals surface area contributed by atoms with Gasteiger partial charge in [-0.3, -0.25) is 9.00 Å². The van der Waals surface area contributed by atoms with Crippen molar-refractivity contribution < 1.29 is 9.00 Å². The summed E-state index contributed by atoms with van der Waals surface area (Å²) in [7, 11) is -0.925. The quantitative estimate of drug-likeness (QED) is 0.795. The van der Waals surface area contributed by atoms with Crippen molar-refractivity contribution in [2.45, 2.75) is 63.9 Å². The Labute approximate surface area is 180 Å². The van der Waals surface area contributed by atoms with Gasteiger partial charge in [0, 0.05) is 16.4 Å². The van der Waals surface area contributed by atoms with Crippen LogP contribution in [0.25, 0.3) is 5.69 Å². The van der Waals surface area contributed by atoms with E-state index in [-0.39, 0.29) is 11.3 Å². The second-order valence-corrected chi connectivity index (χ2v) is 11.7. The Kier molecular flexibility index (Phi) is 4.09. The topological polar surface area (TPSA) is 64.0 Å². The van der Waals surface area contributed by atoms with Crippen LogP contribution in [0.15, 0.2) is 18.2 Å². The van der Waals surface area contributed by atoms with Gasteiger partial charge in [-0.2, -0.15) is 5.10 Å². The molecule has 6 heteroatoms. The molecule has 4 bridgehead atoms. The molecule has 1 aromatic carbocycles. The first-order chi connectivity index (χ1) is 14.4. The molecule has 4 fully saturated rings. The first-order valence-corrected chi connectivity index (χ1v) is 12.7. The lowest BCUT2D eigenvalue weighted by atomic mass is 9.49. The highest BCUT2D eigenvalue weighted by atomic mass is 32.2. The van der Waals surface area contributed by atoms with Crippen LogP contribution in [0.4, 0.5) is 5.82 Å². The van der Waals surface area contributed by atoms with E-state index in [1.807, 2.05) is 10.7 Å². The second-order valence-electron chi connectivity index (χ2n) is 10.3. The van der Waals surface area contributed by atoms with Crippen molar-refractivity contribution in [2.24, 2.45) is 23.2 Å². The predicted octanol–water partition coefficient (Wildman–Crippen LogP) is 4.41. The van der Waals surface area contributed by atoms with Gasteiger partial charge in [0.05, 0.1) is 28.3 Å². The van der Waals surface area contributed by atoms with Gasteiger partial charge in [-0.1, -0.05) is 12.1 Å². The third-order valence-electron chi connectivity index (χ3n) is 8.23. The average Bonchev–Trinajstić information content (AvgIpc) is 3.20. The number of hydrogen-bond acceptors (Lipinski definition) is 3. The Morgan fingerprint density at radius 1 is 1.10 bits per heavy atom. The van der Waals surface area contributed by atoms with E-state index in [0.717, 1.165) is 65.3 Å². The number of aryl methyl sites for hydroxylation is 1. The summed E-state index contributed by atoms with van der Waals surface area (Å²) in [5.41, 5.74) is 4.98. The summed E-state index contributed by atoms with van der Waals surface area (Å²) in [6.07, 6.45) is 7.08. The molecule has 0 unspecified atom stereocenters. The molecule has 2 heterocycles. The van der Waals surface area contributed by atoms with Crippen LogP contribution in [0, 0.1) is 37.0 Å². The SMILES string of the molecule is Cc1cccc(-n2nc3c(c2NC(=O)C24CC5CC(CC(C5)C2)C4)C[S@@](=O)C3)c1C. The molecule has 1 aliphatic heterocycles. The molecular weight excluding hydrogens is 394 g/mol. The van der Waals surface area contributed by atoms with E-state index in [9.17, 15) is 9.00 Å². The smallest absolute Gasteiger partial charge is 0.231 e. The number of nitrogens with zero attached hydrogens (tertiary/aromatic N) is 2. The first-order valence-electron chi connectivity index (χ1n) is 11.3. The number of amides is 1. The number of fused-ring (bicyclic) bond motifs is 1. The van der Waals surface area contributed by atoms with Crippen LogP contribution in [0.5, 0.6) is 0 Å². The number of rotatable bonds is 3. The standard InChI is InChI=1S/C24H29N3O2S/c1-14-4-3-5-21(15(14)2)27-22(19-12-30(29)13-20(19)26-27)25-23(28)24-9-16-6-17(10-24)8-18(7-16)11-24/h3-5,16-18H,6-13H2,1-2H3,(H,25,28)/t16?,17?,18?,24?,30-/m1/s1. The maximum Gasteiger partial charge on any atom is 0.231 e. The molecule has 1 aromatic heterocycles. The minimum atomic E-state index is -0.925. The van der Waals surface area contributed by atoms with E-state index in [1.165, 1.54) is 24.8 Å². The molecule has 158 valence electrons. The molecule has 0 spiro atoms. The van der Waals surface area contributed by atoms with Gasteiger partial charge in [0.2, 0.25) is 5.91 Å². The Bertz CT molecular complexity index is 1050. The summed E-state index contributed by atoms with van der Waals surface area (Å²) in [5.74, 6) is 4.07. The highest BCUT2D eigenvalue weighted by Crippen LogP contribution is 2.60. The highest BCUT2D eigenvalue weighted by molar-refractivity contribution is 7.83. The highest BCUT2D eigenvalue weighted by Gasteiger charge is 2.54. The second kappa shape index (κ2) is 6.52. The zero-order valence-corrected chi connectivity index (χ0v) is 18.6. The van der Waals surface area contributed by atoms with E-state index >= 15 is 0 Å². The summed E-state index contributed by atoms with van der Waals surface area (Å²) in [5, 5.41) is 8.16. The van der Waals surface area contributed by atoms with Gasteiger partial charge < -0.3 is 5.32 Å². The van der Waals surface area contributed by atoms with Crippen LogP contribution in [0.3, 0.4) is 0 Å². The predicted molar refractivity (Wildman–Crippen MR) is 118 cm³/mol. The van der Waals surface area contributed by atoms with Gasteiger partial charge in [0.1, 0.15) is 5.82 Å². The van der Waals surface area contributed by atoms with Gasteiger partial charge in [0.15, 0.2) is 0 Å². The maximum atomic E-state index is 13.8. The molecule has 5 aliphatic rings. The van der Waals surface area contributed by atoms with Crippen LogP contribution in [0.1, 0.15) is 60.9 Å². The van der Waals surface area contributed by atoms with E-state index < -0.39 is 10.8 Å². The summed E-state index contributed by atoms with van der Waals surface area (Å²) in [6, 6.07) is 6.19. The van der Waals surface area contributed by atoms with Gasteiger partial charge in [-0.05, 0) is 87.3 Å². The molecule has 5 nitrogen and oxygen atoms in total. The fourth-order valence-electron chi connectivity index (χ4n) is 7.02. The molecule has 1 N–H and O–H groups in total. The largest absolute Gasteiger partial charge is 0.310 e. The summed E-state index contributed by atoms with van der Waals surface area (Å²) in [6.45, 7) is 4.19. The molecule has 1 atom stereocenters. The number of carbonyl (C=O) groups excluding carboxylic acids is 1. The number of nitrogens with one attached hydrogen (secondary N) is 1. The molecule has 4 saturated carbocycles. The van der Waals surface area contributed by atoms with E-state index in [2.05, 4.69) is 31.3 Å². The van der Waals surface area contributed by atoms with Crippen LogP contribution in [-0.2, 0) is 27.1 Å². The minimum absolute atomic E-state index is 0.175. The van der Waals surface area contributed by atoms with Crippen LogP contribution < -0.4 is 5.32 Å². The third-order valence-corrected chi connectivity index (χ3v) is 9.43. The number of anilines is 1. The molecular formula is C24H29N3O2S. The normalized spacial score (nSPS) is 33.7. The van der Waals surface area contributed by atoms with Crippen molar-refractivity contribution in [3.8, 4) is 5.69 Å². The van der Waals surface area contributed by atoms with Gasteiger partial charge in [0.25, 0.3) is 0 Å². The molecule has 2 aromatic rings. The fourth-order valence-corrected chi connectivity index (χ4v) is 8.29. The lowest BCUT2D eigenvalue weighted by molar-refractivity contribution is -0.140. The molecule has 0 saturated heterocycles. The Balaban J connectivity index is 1.40. The van der Waals surface area contributed by atoms with Gasteiger partial charge in [-0.25, -0.2) is 4.68 Å². The molecule has 30 heavy (non-hydrogen) atoms. The van der Waals surface area contributed by atoms with Crippen molar-refractivity contribution in [1.29, 1.82) is 0 Å². The Hall–Kier alpha value is -1.95. The molecule has 1 amide bonds. The minimum Gasteiger partial charge on any atom is -0.310 e. The van der Waals surface area contributed by atoms with Crippen LogP contribution >= 0.6 is 0 Å². The molecule has 7 rings (SSSR count). The number of hydrogen-bond donors (Lipinski definition) is 1. The van der Waals surface area contributed by atoms with Gasteiger partial charge >= 0.3 is 0 Å². The van der Waals surface area contributed by atoms with Crippen molar-refractivity contribution >= 4 is 22.5 Å². The van der Waals surface area contributed by atoms with Crippen molar-refractivity contribution in [1.82, 2.24) is 9.78 Å². The van der Waals surface area contributed by atoms with Crippen molar-refractivity contribution in [3.05, 3.63) is 40.6 Å². The van der Waals surface area contributed by atoms with Gasteiger partial charge in [-0.15, -0.1) is 0 Å². The van der Waals surface area contributed by atoms with E-state index in [1.54, 1.807) is 0 Å². The van der Waals surface area contributed by atoms with E-state index in [4.69, 9.17) is 5.10 Å². The monoisotopic (exact) mass is 423 g/mol. The lowest BCUT2D eigenvalue weighted by Crippen LogP contribution is -2.52. The maximum absolute atomic E-state index is 13.8. The Morgan fingerprint density at radius 3 is 2.43 bits per heavy atom. The fraction of sp³-hybridized carbons (Fsp3) is 0.583. The van der Waals surface area contributed by atoms with E-state index in [0.29, 0.717) is 11.5 Å². The summed E-state index contributed by atoms with van der Waals surface area (Å²) in [4.78, 5) is 13.8. The first kappa shape index (κ1) is 18.8. The average molecular weight is 424 g/mol. The van der Waals surface area contributed by atoms with Crippen molar-refractivity contribution in [2.75, 3.05) is 5.32 Å². The Morgan fingerprint density at radius 2 is 1.77 bits per heavy atom. The van der Waals surface area contributed by atoms with Crippen LogP contribution in [0.2, 0.25) is 0 Å². The molecule has 0 radical (unpaired) electrons. The lowest BCUT2D eigenvalue weighted by Gasteiger charge is -2.55. The molecule has 4 aliphatic carbocycles. The third kappa shape index (κ3) is 2.75. The number of benzene rings is 1. The number of aromatic nitrogens is 2. The van der Waals surface area contributed by atoms with Crippen molar-refractivity contribution in [3.63, 3.8) is 0 Å². The zero-order chi connectivity index (χ0) is 20.6. The summed E-state index contributed by atoms with van der Waals surface area (Å²) >= 11 is 0. The summed E-state index contributed by atoms with van der Waals surface area (Å²) < 4.78 is 14.1. The number of carbonyl (C=O) groups is 1.